The van der Waals surface area contributed by atoms with Crippen LogP contribution in [0.3, 0.4) is 0 Å². The largest absolute Gasteiger partial charge is 0.285 e. The molecule has 27 valence electrons. The molecule has 2 heteroatoms. The van der Waals surface area contributed by atoms with Gasteiger partial charge < -0.3 is 0 Å². The molecule has 1 nitrogen and oxygen atoms in total. The molecule has 5 heavy (non-hydrogen) atoms. The Bertz CT molecular complexity index is 48.9. The van der Waals surface area contributed by atoms with Gasteiger partial charge in [-0.25, -0.2) is 4.39 Å². The van der Waals surface area contributed by atoms with Crippen molar-refractivity contribution in [2.24, 2.45) is 0 Å². The van der Waals surface area contributed by atoms with Crippen molar-refractivity contribution in [3.05, 3.63) is 12.4 Å². The van der Waals surface area contributed by atoms with E-state index in [1.165, 1.54) is 6.29 Å². The highest BCUT2D eigenvalue weighted by Crippen LogP contribution is 1.61. The summed E-state index contributed by atoms with van der Waals surface area (Å²) in [6, 6.07) is 0. The van der Waals surface area contributed by atoms with E-state index >= 15 is 0 Å². The molecule has 0 aromatic carbocycles. The van der Waals surface area contributed by atoms with Crippen molar-refractivity contribution in [1.29, 1.82) is 0 Å². The fraction of sp³-hybridized carbons (Fsp3) is 0. The van der Waals surface area contributed by atoms with E-state index in [1.807, 2.05) is 0 Å². The fourth-order valence-corrected chi connectivity index (χ4v) is 0.0257. The van der Waals surface area contributed by atoms with Crippen LogP contribution in [0.5, 0.6) is 0 Å². The van der Waals surface area contributed by atoms with Gasteiger partial charge in [0.05, 0.1) is 6.33 Å². The second kappa shape index (κ2) is 3.34. The smallest absolute Gasteiger partial charge is 0.228 e. The van der Waals surface area contributed by atoms with Crippen LogP contribution in [-0.2, 0) is 4.79 Å². The molecule has 0 fully saturated rings. The van der Waals surface area contributed by atoms with E-state index in [0.29, 0.717) is 6.08 Å². The summed E-state index contributed by atoms with van der Waals surface area (Å²) in [5, 5.41) is 0. The zero-order chi connectivity index (χ0) is 4.12. The summed E-state index contributed by atoms with van der Waals surface area (Å²) in [5.74, 6) is 0. The average molecular weight is 73.0 g/mol. The highest BCUT2D eigenvalue weighted by Gasteiger charge is 1.54. The fourth-order valence-electron chi connectivity index (χ4n) is 0.0257. The quantitative estimate of drug-likeness (QED) is 0.415. The molecular weight excluding hydrogens is 71.0 g/mol. The number of carbonyl (C=O) groups excluding carboxylic acids is 1. The Labute approximate surface area is 29.1 Å². The highest BCUT2D eigenvalue weighted by molar-refractivity contribution is 5.64. The van der Waals surface area contributed by atoms with Crippen LogP contribution in [-0.4, -0.2) is 6.29 Å². The van der Waals surface area contributed by atoms with E-state index in [-0.39, 0.29) is 6.33 Å². The standard InChI is InChI=1S/C3H2FO/c4-2-1-3-5/h1-2H/b2-1+. The molecule has 0 aromatic rings. The minimum absolute atomic E-state index is 0.132. The number of allylic oxidation sites excluding steroid dienone is 1. The first-order valence-electron chi connectivity index (χ1n) is 1.04. The molecule has 0 aromatic heterocycles. The first kappa shape index (κ1) is 4.34. The number of halogens is 1. The highest BCUT2D eigenvalue weighted by atomic mass is 19.1. The van der Waals surface area contributed by atoms with Crippen molar-refractivity contribution in [2.45, 2.75) is 0 Å². The molecule has 1 radical (unpaired) electrons. The SMILES string of the molecule is O=[C]/C=C/F. The van der Waals surface area contributed by atoms with Gasteiger partial charge in [0.1, 0.15) is 0 Å². The second-order valence-corrected chi connectivity index (χ2v) is 0.411. The summed E-state index contributed by atoms with van der Waals surface area (Å²) in [6.07, 6.45) is 2.00. The molecule has 0 rings (SSSR count). The van der Waals surface area contributed by atoms with Gasteiger partial charge >= 0.3 is 0 Å². The van der Waals surface area contributed by atoms with Crippen LogP contribution in [0.1, 0.15) is 0 Å². The Hall–Kier alpha value is -0.660. The first-order valence-corrected chi connectivity index (χ1v) is 1.04. The third-order valence-corrected chi connectivity index (χ3v) is 0.131. The summed E-state index contributed by atoms with van der Waals surface area (Å²) in [4.78, 5) is 8.95. The van der Waals surface area contributed by atoms with Crippen molar-refractivity contribution in [3.8, 4) is 0 Å². The summed E-state index contributed by atoms with van der Waals surface area (Å²) < 4.78 is 10.6. The van der Waals surface area contributed by atoms with Crippen LogP contribution in [0.4, 0.5) is 4.39 Å². The van der Waals surface area contributed by atoms with Crippen molar-refractivity contribution in [2.75, 3.05) is 0 Å². The number of rotatable bonds is 1. The van der Waals surface area contributed by atoms with Gasteiger partial charge in [-0.15, -0.1) is 0 Å². The molecule has 0 aliphatic heterocycles. The van der Waals surface area contributed by atoms with E-state index < -0.39 is 0 Å². The molecule has 0 atom stereocenters. The topological polar surface area (TPSA) is 17.1 Å². The summed E-state index contributed by atoms with van der Waals surface area (Å²) in [7, 11) is 0. The molecule has 0 aliphatic rings. The maximum atomic E-state index is 10.6. The van der Waals surface area contributed by atoms with Gasteiger partial charge in [-0.2, -0.15) is 0 Å². The maximum absolute atomic E-state index is 10.6. The molecule has 0 spiro atoms. The zero-order valence-electron chi connectivity index (χ0n) is 2.44. The van der Waals surface area contributed by atoms with Crippen molar-refractivity contribution < 1.29 is 9.18 Å². The van der Waals surface area contributed by atoms with Gasteiger partial charge in [-0.1, -0.05) is 0 Å². The van der Waals surface area contributed by atoms with E-state index in [4.69, 9.17) is 4.79 Å². The van der Waals surface area contributed by atoms with Crippen molar-refractivity contribution in [3.63, 3.8) is 0 Å². The van der Waals surface area contributed by atoms with E-state index in [0.717, 1.165) is 0 Å². The van der Waals surface area contributed by atoms with Gasteiger partial charge in [0.25, 0.3) is 0 Å². The van der Waals surface area contributed by atoms with E-state index in [9.17, 15) is 4.39 Å². The minimum atomic E-state index is 0.132. The predicted octanol–water partition coefficient (Wildman–Crippen LogP) is 0.579. The Kier molecular flexibility index (Phi) is 2.90. The molecule has 0 aliphatic carbocycles. The van der Waals surface area contributed by atoms with Crippen LogP contribution in [0.25, 0.3) is 0 Å². The Morgan fingerprint density at radius 2 is 2.40 bits per heavy atom. The Balaban J connectivity index is 2.92. The lowest BCUT2D eigenvalue weighted by Gasteiger charge is -1.45. The molecule has 0 heterocycles. The van der Waals surface area contributed by atoms with Gasteiger partial charge in [-0.3, -0.25) is 4.79 Å². The van der Waals surface area contributed by atoms with Crippen LogP contribution in [0.15, 0.2) is 12.4 Å². The number of hydrogen-bond donors (Lipinski definition) is 0. The lowest BCUT2D eigenvalue weighted by molar-refractivity contribution is 0.563. The predicted molar refractivity (Wildman–Crippen MR) is 15.9 cm³/mol. The molecule has 0 amide bonds. The second-order valence-electron chi connectivity index (χ2n) is 0.411. The third-order valence-electron chi connectivity index (χ3n) is 0.131. The van der Waals surface area contributed by atoms with Gasteiger partial charge in [0, 0.05) is 6.08 Å². The minimum Gasteiger partial charge on any atom is -0.285 e. The third kappa shape index (κ3) is 3.34. The van der Waals surface area contributed by atoms with Gasteiger partial charge in [0.2, 0.25) is 6.29 Å². The van der Waals surface area contributed by atoms with Crippen LogP contribution in [0, 0.1) is 0 Å². The lowest BCUT2D eigenvalue weighted by atomic mass is 10.7. The van der Waals surface area contributed by atoms with Crippen LogP contribution >= 0.6 is 0 Å². The molecule has 0 saturated carbocycles. The normalized spacial score (nSPS) is 9.00. The van der Waals surface area contributed by atoms with E-state index in [1.54, 1.807) is 0 Å². The molecule has 0 unspecified atom stereocenters. The monoisotopic (exact) mass is 73.0 g/mol. The zero-order valence-corrected chi connectivity index (χ0v) is 2.44. The van der Waals surface area contributed by atoms with Gasteiger partial charge in [0.15, 0.2) is 0 Å². The van der Waals surface area contributed by atoms with Crippen molar-refractivity contribution >= 4 is 6.29 Å². The first-order chi connectivity index (χ1) is 2.41. The molecule has 0 bridgehead atoms. The number of hydrogen-bond acceptors (Lipinski definition) is 1. The summed E-state index contributed by atoms with van der Waals surface area (Å²) in [5.41, 5.74) is 0. The molecule has 0 N–H and O–H groups in total. The van der Waals surface area contributed by atoms with Crippen LogP contribution < -0.4 is 0 Å². The lowest BCUT2D eigenvalue weighted by Crippen LogP contribution is -1.48. The average Bonchev–Trinajstić information content (AvgIpc) is 1.41. The Morgan fingerprint density at radius 3 is 2.40 bits per heavy atom. The summed E-state index contributed by atoms with van der Waals surface area (Å²) >= 11 is 0. The van der Waals surface area contributed by atoms with Crippen LogP contribution in [0.2, 0.25) is 0 Å². The maximum Gasteiger partial charge on any atom is 0.228 e. The van der Waals surface area contributed by atoms with Gasteiger partial charge in [-0.05, 0) is 0 Å². The Morgan fingerprint density at radius 1 is 1.80 bits per heavy atom. The summed E-state index contributed by atoms with van der Waals surface area (Å²) in [6.45, 7) is 0. The molecule has 0 saturated heterocycles. The molecular formula is C3H2FO. The van der Waals surface area contributed by atoms with E-state index in [2.05, 4.69) is 0 Å². The van der Waals surface area contributed by atoms with Crippen molar-refractivity contribution in [1.82, 2.24) is 0 Å².